The van der Waals surface area contributed by atoms with Gasteiger partial charge in [0.05, 0.1) is 0 Å². The van der Waals surface area contributed by atoms with Crippen LogP contribution in [0, 0.1) is 5.92 Å². The molecular weight excluding hydrogens is 214 g/mol. The first-order valence-electron chi connectivity index (χ1n) is 6.04. The molecule has 0 saturated heterocycles. The highest BCUT2D eigenvalue weighted by molar-refractivity contribution is 5.89. The molecule has 0 radical (unpaired) electrons. The molecule has 1 aromatic rings. The minimum Gasteiger partial charge on any atom is -0.342 e. The summed E-state index contributed by atoms with van der Waals surface area (Å²) in [7, 11) is 0. The van der Waals surface area contributed by atoms with Crippen molar-refractivity contribution in [2.45, 2.75) is 32.2 Å². The van der Waals surface area contributed by atoms with Crippen LogP contribution in [0.15, 0.2) is 30.3 Å². The first-order valence-corrected chi connectivity index (χ1v) is 6.04. The topological polar surface area (TPSA) is 46.2 Å². The van der Waals surface area contributed by atoms with Crippen molar-refractivity contribution in [2.24, 2.45) is 5.92 Å². The van der Waals surface area contributed by atoms with Crippen LogP contribution in [-0.2, 0) is 9.59 Å². The fourth-order valence-corrected chi connectivity index (χ4v) is 2.00. The van der Waals surface area contributed by atoms with Crippen molar-refractivity contribution < 1.29 is 9.59 Å². The molecule has 1 aliphatic rings. The normalized spacial score (nSPS) is 17.0. The Kier molecular flexibility index (Phi) is 3.57. The predicted octanol–water partition coefficient (Wildman–Crippen LogP) is 2.23. The van der Waals surface area contributed by atoms with Crippen molar-refractivity contribution >= 4 is 11.7 Å². The van der Waals surface area contributed by atoms with Crippen LogP contribution in [0.1, 0.15) is 37.8 Å². The number of carbonyl (C=O) groups excluding carboxylic acids is 2. The van der Waals surface area contributed by atoms with E-state index in [0.29, 0.717) is 0 Å². The van der Waals surface area contributed by atoms with Crippen molar-refractivity contribution in [1.82, 2.24) is 5.32 Å². The van der Waals surface area contributed by atoms with Crippen molar-refractivity contribution in [2.75, 3.05) is 0 Å². The average molecular weight is 231 g/mol. The Bertz CT molecular complexity index is 409. The maximum Gasteiger partial charge on any atom is 0.223 e. The Morgan fingerprint density at radius 1 is 1.24 bits per heavy atom. The summed E-state index contributed by atoms with van der Waals surface area (Å²) in [5.41, 5.74) is 0.854. The molecule has 0 bridgehead atoms. The zero-order valence-corrected chi connectivity index (χ0v) is 9.98. The van der Waals surface area contributed by atoms with E-state index in [0.717, 1.165) is 24.8 Å². The third-order valence-corrected chi connectivity index (χ3v) is 3.30. The zero-order valence-electron chi connectivity index (χ0n) is 9.98. The Hall–Kier alpha value is -1.64. The highest BCUT2D eigenvalue weighted by Gasteiger charge is 2.28. The highest BCUT2D eigenvalue weighted by Crippen LogP contribution is 2.27. The lowest BCUT2D eigenvalue weighted by atomic mass is 9.84. The molecule has 0 spiro atoms. The molecule has 1 amide bonds. The lowest BCUT2D eigenvalue weighted by Crippen LogP contribution is -2.39. The minimum absolute atomic E-state index is 0.0142. The molecule has 1 aromatic carbocycles. The number of ketones is 1. The van der Waals surface area contributed by atoms with Gasteiger partial charge < -0.3 is 5.32 Å². The minimum atomic E-state index is -0.496. The van der Waals surface area contributed by atoms with Gasteiger partial charge in [0.2, 0.25) is 5.91 Å². The van der Waals surface area contributed by atoms with Gasteiger partial charge in [-0.1, -0.05) is 36.8 Å². The number of Topliss-reactive ketones (excluding diaryl/α,β-unsaturated/α-hetero) is 1. The van der Waals surface area contributed by atoms with Gasteiger partial charge in [-0.15, -0.1) is 0 Å². The summed E-state index contributed by atoms with van der Waals surface area (Å²) >= 11 is 0. The van der Waals surface area contributed by atoms with E-state index in [4.69, 9.17) is 0 Å². The molecule has 1 aliphatic carbocycles. The largest absolute Gasteiger partial charge is 0.342 e. The molecule has 0 aromatic heterocycles. The van der Waals surface area contributed by atoms with Crippen LogP contribution in [0.25, 0.3) is 0 Å². The molecule has 17 heavy (non-hydrogen) atoms. The highest BCUT2D eigenvalue weighted by atomic mass is 16.2. The molecule has 1 fully saturated rings. The van der Waals surface area contributed by atoms with Crippen LogP contribution >= 0.6 is 0 Å². The van der Waals surface area contributed by atoms with Crippen molar-refractivity contribution in [3.05, 3.63) is 35.9 Å². The molecule has 3 heteroatoms. The SMILES string of the molecule is CC(=O)[C@H](NC(=O)C1CCC1)c1ccccc1. The average Bonchev–Trinajstić information content (AvgIpc) is 2.24. The first-order chi connectivity index (χ1) is 8.18. The van der Waals surface area contributed by atoms with Gasteiger partial charge in [0.25, 0.3) is 0 Å². The number of benzene rings is 1. The third-order valence-electron chi connectivity index (χ3n) is 3.30. The summed E-state index contributed by atoms with van der Waals surface area (Å²) < 4.78 is 0. The fraction of sp³-hybridized carbons (Fsp3) is 0.429. The Labute approximate surface area is 101 Å². The van der Waals surface area contributed by atoms with Gasteiger partial charge in [-0.3, -0.25) is 9.59 Å². The summed E-state index contributed by atoms with van der Waals surface area (Å²) in [6, 6.07) is 8.89. The van der Waals surface area contributed by atoms with E-state index < -0.39 is 6.04 Å². The van der Waals surface area contributed by atoms with Crippen LogP contribution in [0.5, 0.6) is 0 Å². The number of hydrogen-bond acceptors (Lipinski definition) is 2. The van der Waals surface area contributed by atoms with Crippen molar-refractivity contribution in [3.8, 4) is 0 Å². The van der Waals surface area contributed by atoms with Crippen LogP contribution in [0.4, 0.5) is 0 Å². The van der Waals surface area contributed by atoms with E-state index in [-0.39, 0.29) is 17.6 Å². The summed E-state index contributed by atoms with van der Waals surface area (Å²) in [5.74, 6) is 0.102. The number of hydrogen-bond donors (Lipinski definition) is 1. The monoisotopic (exact) mass is 231 g/mol. The summed E-state index contributed by atoms with van der Waals surface area (Å²) in [5, 5.41) is 2.85. The number of carbonyl (C=O) groups is 2. The standard InChI is InChI=1S/C14H17NO2/c1-10(16)13(11-6-3-2-4-7-11)15-14(17)12-8-5-9-12/h2-4,6-7,12-13H,5,8-9H2,1H3,(H,15,17)/t13-/m0/s1. The fourth-order valence-electron chi connectivity index (χ4n) is 2.00. The van der Waals surface area contributed by atoms with E-state index in [2.05, 4.69) is 5.32 Å². The van der Waals surface area contributed by atoms with Gasteiger partial charge in [-0.05, 0) is 25.3 Å². The van der Waals surface area contributed by atoms with Gasteiger partial charge in [0, 0.05) is 5.92 Å². The number of nitrogens with one attached hydrogen (secondary N) is 1. The van der Waals surface area contributed by atoms with E-state index in [1.54, 1.807) is 0 Å². The summed E-state index contributed by atoms with van der Waals surface area (Å²) in [6.07, 6.45) is 3.02. The Morgan fingerprint density at radius 2 is 1.88 bits per heavy atom. The lowest BCUT2D eigenvalue weighted by Gasteiger charge is -2.26. The molecule has 2 rings (SSSR count). The smallest absolute Gasteiger partial charge is 0.223 e. The Balaban J connectivity index is 2.07. The first kappa shape index (κ1) is 11.8. The van der Waals surface area contributed by atoms with E-state index in [9.17, 15) is 9.59 Å². The van der Waals surface area contributed by atoms with Crippen LogP contribution in [0.2, 0.25) is 0 Å². The molecule has 0 unspecified atom stereocenters. The summed E-state index contributed by atoms with van der Waals surface area (Å²) in [6.45, 7) is 1.51. The van der Waals surface area contributed by atoms with E-state index in [1.165, 1.54) is 6.92 Å². The molecule has 3 nitrogen and oxygen atoms in total. The second-order valence-corrected chi connectivity index (χ2v) is 4.59. The van der Waals surface area contributed by atoms with Crippen molar-refractivity contribution in [3.63, 3.8) is 0 Å². The second kappa shape index (κ2) is 5.13. The molecule has 0 aliphatic heterocycles. The van der Waals surface area contributed by atoms with Crippen LogP contribution < -0.4 is 5.32 Å². The molecular formula is C14H17NO2. The van der Waals surface area contributed by atoms with Gasteiger partial charge in [-0.25, -0.2) is 0 Å². The predicted molar refractivity (Wildman–Crippen MR) is 65.3 cm³/mol. The number of rotatable bonds is 4. The maximum absolute atomic E-state index is 11.9. The van der Waals surface area contributed by atoms with Crippen molar-refractivity contribution in [1.29, 1.82) is 0 Å². The van der Waals surface area contributed by atoms with E-state index in [1.807, 2.05) is 30.3 Å². The molecule has 1 saturated carbocycles. The zero-order chi connectivity index (χ0) is 12.3. The van der Waals surface area contributed by atoms with Crippen LogP contribution in [0.3, 0.4) is 0 Å². The van der Waals surface area contributed by atoms with Gasteiger partial charge >= 0.3 is 0 Å². The van der Waals surface area contributed by atoms with Crippen LogP contribution in [-0.4, -0.2) is 11.7 Å². The summed E-state index contributed by atoms with van der Waals surface area (Å²) in [4.78, 5) is 23.4. The van der Waals surface area contributed by atoms with E-state index >= 15 is 0 Å². The quantitative estimate of drug-likeness (QED) is 0.863. The van der Waals surface area contributed by atoms with Gasteiger partial charge in [0.1, 0.15) is 6.04 Å². The second-order valence-electron chi connectivity index (χ2n) is 4.59. The lowest BCUT2D eigenvalue weighted by molar-refractivity contribution is -0.131. The number of amides is 1. The van der Waals surface area contributed by atoms with Gasteiger partial charge in [0.15, 0.2) is 5.78 Å². The molecule has 1 N–H and O–H groups in total. The molecule has 90 valence electrons. The molecule has 0 heterocycles. The third kappa shape index (κ3) is 2.73. The maximum atomic E-state index is 11.9. The molecule has 1 atom stereocenters. The Morgan fingerprint density at radius 3 is 2.35 bits per heavy atom. The van der Waals surface area contributed by atoms with Gasteiger partial charge in [-0.2, -0.15) is 0 Å².